The second-order valence-electron chi connectivity index (χ2n) is 9.65. The second-order valence-corrected chi connectivity index (χ2v) is 10.1. The van der Waals surface area contributed by atoms with E-state index in [1.807, 2.05) is 65.8 Å². The lowest BCUT2D eigenvalue weighted by atomic mass is 9.89. The predicted octanol–water partition coefficient (Wildman–Crippen LogP) is 10.9. The van der Waals surface area contributed by atoms with Crippen LogP contribution in [0.15, 0.2) is 84.0 Å². The third-order valence-electron chi connectivity index (χ3n) is 6.24. The SMILES string of the molecule is C=C(C)Nc1ccc(C)cc1C.CC.CC=Nc1c(C)cc(C2=CC=CC2Cc2ccc(C)cc2F)cc1Cl. The lowest BCUT2D eigenvalue weighted by Gasteiger charge is -2.17. The summed E-state index contributed by atoms with van der Waals surface area (Å²) in [7, 11) is 0. The van der Waals surface area contributed by atoms with E-state index in [1.165, 1.54) is 11.1 Å². The Balaban J connectivity index is 0.000000320. The highest BCUT2D eigenvalue weighted by Gasteiger charge is 2.20. The number of hydrogen-bond donors (Lipinski definition) is 1. The van der Waals surface area contributed by atoms with Crippen LogP contribution in [-0.4, -0.2) is 6.21 Å². The van der Waals surface area contributed by atoms with E-state index in [0.717, 1.165) is 44.9 Å². The van der Waals surface area contributed by atoms with Gasteiger partial charge in [-0.2, -0.15) is 0 Å². The van der Waals surface area contributed by atoms with Gasteiger partial charge in [-0.05, 0) is 106 Å². The van der Waals surface area contributed by atoms with Crippen LogP contribution >= 0.6 is 11.6 Å². The first-order valence-corrected chi connectivity index (χ1v) is 13.9. The molecule has 0 heterocycles. The molecule has 0 aliphatic heterocycles. The Labute approximate surface area is 240 Å². The largest absolute Gasteiger partial charge is 0.360 e. The molecule has 1 N–H and O–H groups in total. The van der Waals surface area contributed by atoms with E-state index in [1.54, 1.807) is 12.3 Å². The normalized spacial score (nSPS) is 13.8. The number of halogens is 2. The van der Waals surface area contributed by atoms with Crippen LogP contribution in [0.4, 0.5) is 15.8 Å². The number of aliphatic imine (C=N–C) groups is 1. The molecule has 0 radical (unpaired) electrons. The number of anilines is 1. The third kappa shape index (κ3) is 9.07. The van der Waals surface area contributed by atoms with Crippen LogP contribution in [0.2, 0.25) is 5.02 Å². The molecule has 3 aromatic rings. The molecule has 0 amide bonds. The van der Waals surface area contributed by atoms with Gasteiger partial charge in [-0.3, -0.25) is 4.99 Å². The fraction of sp³-hybridized carbons (Fsp3) is 0.286. The monoisotopic (exact) mass is 544 g/mol. The van der Waals surface area contributed by atoms with Crippen molar-refractivity contribution in [2.75, 3.05) is 5.32 Å². The van der Waals surface area contributed by atoms with E-state index < -0.39 is 0 Å². The van der Waals surface area contributed by atoms with Crippen molar-refractivity contribution in [2.45, 2.75) is 61.8 Å². The van der Waals surface area contributed by atoms with Crippen molar-refractivity contribution in [3.63, 3.8) is 0 Å². The molecular weight excluding hydrogens is 503 g/mol. The van der Waals surface area contributed by atoms with Crippen molar-refractivity contribution in [1.82, 2.24) is 0 Å². The molecular formula is C35H42ClFN2. The number of nitrogens with one attached hydrogen (secondary N) is 1. The summed E-state index contributed by atoms with van der Waals surface area (Å²) in [4.78, 5) is 4.34. The lowest BCUT2D eigenvalue weighted by molar-refractivity contribution is 0.601. The quantitative estimate of drug-likeness (QED) is 0.306. The van der Waals surface area contributed by atoms with Crippen molar-refractivity contribution in [3.05, 3.63) is 123 Å². The summed E-state index contributed by atoms with van der Waals surface area (Å²) >= 11 is 6.42. The molecule has 1 aliphatic rings. The first-order chi connectivity index (χ1) is 18.6. The van der Waals surface area contributed by atoms with Gasteiger partial charge in [-0.25, -0.2) is 4.39 Å². The van der Waals surface area contributed by atoms with Crippen LogP contribution in [0.1, 0.15) is 61.1 Å². The Bertz CT molecular complexity index is 1360. The van der Waals surface area contributed by atoms with Crippen LogP contribution in [-0.2, 0) is 6.42 Å². The summed E-state index contributed by atoms with van der Waals surface area (Å²) in [6.07, 6.45) is 8.63. The molecule has 4 rings (SSSR count). The molecule has 0 saturated heterocycles. The fourth-order valence-corrected chi connectivity index (χ4v) is 4.76. The number of benzene rings is 3. The number of aryl methyl sites for hydroxylation is 4. The zero-order valence-electron chi connectivity index (χ0n) is 24.6. The summed E-state index contributed by atoms with van der Waals surface area (Å²) in [6, 6.07) is 15.8. The molecule has 0 bridgehead atoms. The number of nitrogens with zero attached hydrogens (tertiary/aromatic N) is 1. The minimum atomic E-state index is -0.138. The number of hydrogen-bond acceptors (Lipinski definition) is 2. The zero-order chi connectivity index (χ0) is 29.1. The molecule has 206 valence electrons. The topological polar surface area (TPSA) is 24.4 Å². The van der Waals surface area contributed by atoms with Crippen LogP contribution in [0.5, 0.6) is 0 Å². The van der Waals surface area contributed by atoms with Gasteiger partial charge in [0.25, 0.3) is 0 Å². The number of rotatable bonds is 6. The molecule has 3 aromatic carbocycles. The van der Waals surface area contributed by atoms with Gasteiger partial charge < -0.3 is 5.32 Å². The van der Waals surface area contributed by atoms with Gasteiger partial charge in [0.1, 0.15) is 5.82 Å². The van der Waals surface area contributed by atoms with Gasteiger partial charge in [0.05, 0.1) is 10.7 Å². The van der Waals surface area contributed by atoms with E-state index in [-0.39, 0.29) is 11.7 Å². The first kappa shape index (κ1) is 31.8. The molecule has 1 aliphatic carbocycles. The maximum absolute atomic E-state index is 14.2. The molecule has 2 nitrogen and oxygen atoms in total. The Morgan fingerprint density at radius 3 is 2.26 bits per heavy atom. The second kappa shape index (κ2) is 15.2. The Kier molecular flexibility index (Phi) is 12.4. The highest BCUT2D eigenvalue weighted by molar-refractivity contribution is 6.33. The Morgan fingerprint density at radius 2 is 1.67 bits per heavy atom. The standard InChI is InChI=1S/C22H21ClFN.C11H15N.C2H6/c1-4-25-22-15(3)11-18(13-20(22)23)19-7-5-6-16(19)12-17-9-8-14(2)10-21(17)24;1-8(2)12-11-6-5-9(3)7-10(11)4;1-2/h4-11,13,16H,12H2,1-3H3;5-7,12H,1H2,2-4H3;1-2H3. The van der Waals surface area contributed by atoms with Crippen molar-refractivity contribution in [2.24, 2.45) is 10.9 Å². The van der Waals surface area contributed by atoms with Gasteiger partial charge in [0.15, 0.2) is 0 Å². The molecule has 0 saturated carbocycles. The molecule has 1 unspecified atom stereocenters. The maximum atomic E-state index is 14.2. The average molecular weight is 545 g/mol. The molecule has 1 atom stereocenters. The molecule has 0 aromatic heterocycles. The molecule has 39 heavy (non-hydrogen) atoms. The van der Waals surface area contributed by atoms with Gasteiger partial charge in [0.2, 0.25) is 0 Å². The van der Waals surface area contributed by atoms with E-state index in [2.05, 4.69) is 67.2 Å². The third-order valence-corrected chi connectivity index (χ3v) is 6.53. The Morgan fingerprint density at radius 1 is 1.00 bits per heavy atom. The van der Waals surface area contributed by atoms with Gasteiger partial charge >= 0.3 is 0 Å². The highest BCUT2D eigenvalue weighted by Crippen LogP contribution is 2.38. The van der Waals surface area contributed by atoms with Gasteiger partial charge in [0, 0.05) is 23.5 Å². The maximum Gasteiger partial charge on any atom is 0.126 e. The zero-order valence-corrected chi connectivity index (χ0v) is 25.4. The van der Waals surface area contributed by atoms with E-state index in [0.29, 0.717) is 11.4 Å². The Hall–Kier alpha value is -3.43. The van der Waals surface area contributed by atoms with Gasteiger partial charge in [-0.1, -0.05) is 80.1 Å². The summed E-state index contributed by atoms with van der Waals surface area (Å²) < 4.78 is 14.2. The van der Waals surface area contributed by atoms with Crippen molar-refractivity contribution in [1.29, 1.82) is 0 Å². The summed E-state index contributed by atoms with van der Waals surface area (Å²) in [5.41, 5.74) is 10.4. The highest BCUT2D eigenvalue weighted by atomic mass is 35.5. The first-order valence-electron chi connectivity index (χ1n) is 13.5. The van der Waals surface area contributed by atoms with Crippen LogP contribution in [0.3, 0.4) is 0 Å². The van der Waals surface area contributed by atoms with Gasteiger partial charge in [-0.15, -0.1) is 0 Å². The van der Waals surface area contributed by atoms with Crippen LogP contribution in [0, 0.1) is 39.4 Å². The summed E-state index contributed by atoms with van der Waals surface area (Å²) in [5, 5.41) is 3.85. The van der Waals surface area contributed by atoms with E-state index in [9.17, 15) is 4.39 Å². The predicted molar refractivity (Wildman–Crippen MR) is 171 cm³/mol. The van der Waals surface area contributed by atoms with E-state index >= 15 is 0 Å². The van der Waals surface area contributed by atoms with Crippen molar-refractivity contribution >= 4 is 34.8 Å². The average Bonchev–Trinajstić information content (AvgIpc) is 3.34. The lowest BCUT2D eigenvalue weighted by Crippen LogP contribution is -2.04. The minimum absolute atomic E-state index is 0.138. The van der Waals surface area contributed by atoms with Crippen LogP contribution < -0.4 is 5.32 Å². The molecule has 0 spiro atoms. The summed E-state index contributed by atoms with van der Waals surface area (Å²) in [5.74, 6) is 0.00898. The van der Waals surface area contributed by atoms with Crippen LogP contribution in [0.25, 0.3) is 5.57 Å². The van der Waals surface area contributed by atoms with Crippen molar-refractivity contribution in [3.8, 4) is 0 Å². The van der Waals surface area contributed by atoms with E-state index in [4.69, 9.17) is 11.6 Å². The molecule has 0 fully saturated rings. The fourth-order valence-electron chi connectivity index (χ4n) is 4.44. The summed E-state index contributed by atoms with van der Waals surface area (Å²) in [6.45, 7) is 19.7. The van der Waals surface area contributed by atoms with Crippen molar-refractivity contribution < 1.29 is 4.39 Å². The number of allylic oxidation sites excluding steroid dienone is 5. The molecule has 4 heteroatoms. The minimum Gasteiger partial charge on any atom is -0.360 e. The smallest absolute Gasteiger partial charge is 0.126 e.